The summed E-state index contributed by atoms with van der Waals surface area (Å²) >= 11 is 0. The SMILES string of the molecule is CCN(C1CC2CCC(C1)N2)C1CCCCCC1O. The van der Waals surface area contributed by atoms with Crippen LogP contribution in [0, 0.1) is 0 Å². The second-order valence-corrected chi connectivity index (χ2v) is 6.87. The lowest BCUT2D eigenvalue weighted by atomic mass is 9.94. The Kier molecular flexibility index (Phi) is 4.45. The van der Waals surface area contributed by atoms with Crippen LogP contribution in [0.15, 0.2) is 0 Å². The molecule has 0 spiro atoms. The van der Waals surface area contributed by atoms with Crippen molar-refractivity contribution >= 4 is 0 Å². The Hall–Kier alpha value is -0.120. The molecule has 3 nitrogen and oxygen atoms in total. The van der Waals surface area contributed by atoms with Crippen molar-refractivity contribution in [2.24, 2.45) is 0 Å². The molecule has 0 aromatic carbocycles. The van der Waals surface area contributed by atoms with Crippen LogP contribution in [0.3, 0.4) is 0 Å². The molecule has 2 bridgehead atoms. The van der Waals surface area contributed by atoms with Gasteiger partial charge in [-0.25, -0.2) is 0 Å². The van der Waals surface area contributed by atoms with E-state index >= 15 is 0 Å². The predicted molar refractivity (Wildman–Crippen MR) is 78.2 cm³/mol. The van der Waals surface area contributed by atoms with Gasteiger partial charge in [-0.3, -0.25) is 4.90 Å². The van der Waals surface area contributed by atoms with Crippen LogP contribution in [0.2, 0.25) is 0 Å². The standard InChI is InChI=1S/C16H30N2O/c1-2-18(15-6-4-3-5-7-16(15)19)14-10-12-8-9-13(11-14)17-12/h12-17,19H,2-11H2,1H3. The molecule has 1 aliphatic carbocycles. The number of aliphatic hydroxyl groups excluding tert-OH is 1. The highest BCUT2D eigenvalue weighted by molar-refractivity contribution is 4.97. The number of nitrogens with one attached hydrogen (secondary N) is 1. The highest BCUT2D eigenvalue weighted by Crippen LogP contribution is 2.33. The minimum absolute atomic E-state index is 0.0880. The van der Waals surface area contributed by atoms with Crippen molar-refractivity contribution in [3.8, 4) is 0 Å². The summed E-state index contributed by atoms with van der Waals surface area (Å²) < 4.78 is 0. The van der Waals surface area contributed by atoms with Crippen LogP contribution < -0.4 is 5.32 Å². The molecule has 3 aliphatic rings. The van der Waals surface area contributed by atoms with Crippen LogP contribution in [-0.4, -0.2) is 46.8 Å². The summed E-state index contributed by atoms with van der Waals surface area (Å²) in [6, 6.07) is 2.64. The van der Waals surface area contributed by atoms with E-state index in [2.05, 4.69) is 17.1 Å². The maximum atomic E-state index is 10.5. The predicted octanol–water partition coefficient (Wildman–Crippen LogP) is 2.28. The fourth-order valence-corrected chi connectivity index (χ4v) is 4.72. The summed E-state index contributed by atoms with van der Waals surface area (Å²) in [7, 11) is 0. The molecule has 3 rings (SSSR count). The van der Waals surface area contributed by atoms with Gasteiger partial charge in [-0.15, -0.1) is 0 Å². The van der Waals surface area contributed by atoms with Crippen molar-refractivity contribution < 1.29 is 5.11 Å². The number of likely N-dealkylation sites (N-methyl/N-ethyl adjacent to an activating group) is 1. The highest BCUT2D eigenvalue weighted by Gasteiger charge is 2.39. The van der Waals surface area contributed by atoms with Crippen molar-refractivity contribution in [1.82, 2.24) is 10.2 Å². The smallest absolute Gasteiger partial charge is 0.0695 e. The lowest BCUT2D eigenvalue weighted by molar-refractivity contribution is 0.00939. The van der Waals surface area contributed by atoms with Gasteiger partial charge in [0.25, 0.3) is 0 Å². The Morgan fingerprint density at radius 3 is 2.37 bits per heavy atom. The van der Waals surface area contributed by atoms with E-state index in [0.717, 1.165) is 25.0 Å². The molecular formula is C16H30N2O. The molecule has 2 heterocycles. The van der Waals surface area contributed by atoms with Crippen LogP contribution in [0.25, 0.3) is 0 Å². The van der Waals surface area contributed by atoms with E-state index < -0.39 is 0 Å². The Morgan fingerprint density at radius 2 is 1.68 bits per heavy atom. The molecule has 1 saturated carbocycles. The lowest BCUT2D eigenvalue weighted by Gasteiger charge is -2.43. The van der Waals surface area contributed by atoms with Crippen LogP contribution in [-0.2, 0) is 0 Å². The number of fused-ring (bicyclic) bond motifs is 2. The van der Waals surface area contributed by atoms with Crippen molar-refractivity contribution in [2.45, 2.75) is 95.0 Å². The molecule has 0 aromatic rings. The van der Waals surface area contributed by atoms with Crippen LogP contribution >= 0.6 is 0 Å². The molecule has 4 atom stereocenters. The van der Waals surface area contributed by atoms with E-state index in [9.17, 15) is 5.11 Å². The number of piperidine rings is 1. The first-order chi connectivity index (χ1) is 9.28. The highest BCUT2D eigenvalue weighted by atomic mass is 16.3. The van der Waals surface area contributed by atoms with Gasteiger partial charge >= 0.3 is 0 Å². The molecule has 0 amide bonds. The van der Waals surface area contributed by atoms with Gasteiger partial charge in [-0.1, -0.05) is 26.2 Å². The molecule has 0 radical (unpaired) electrons. The van der Waals surface area contributed by atoms with E-state index in [1.165, 1.54) is 51.4 Å². The Balaban J connectivity index is 1.68. The summed E-state index contributed by atoms with van der Waals surface area (Å²) in [5, 5.41) is 14.2. The molecule has 110 valence electrons. The van der Waals surface area contributed by atoms with E-state index in [-0.39, 0.29) is 6.10 Å². The molecular weight excluding hydrogens is 236 g/mol. The zero-order valence-electron chi connectivity index (χ0n) is 12.4. The van der Waals surface area contributed by atoms with E-state index in [4.69, 9.17) is 0 Å². The average Bonchev–Trinajstić information content (AvgIpc) is 2.61. The molecule has 4 unspecified atom stereocenters. The summed E-state index contributed by atoms with van der Waals surface area (Å²) in [5.41, 5.74) is 0. The minimum Gasteiger partial charge on any atom is -0.391 e. The second kappa shape index (κ2) is 6.11. The third-order valence-corrected chi connectivity index (χ3v) is 5.65. The minimum atomic E-state index is -0.0880. The lowest BCUT2D eigenvalue weighted by Crippen LogP contribution is -2.54. The first-order valence-electron chi connectivity index (χ1n) is 8.47. The second-order valence-electron chi connectivity index (χ2n) is 6.87. The van der Waals surface area contributed by atoms with Crippen LogP contribution in [0.4, 0.5) is 0 Å². The number of aliphatic hydroxyl groups is 1. The van der Waals surface area contributed by atoms with Crippen molar-refractivity contribution in [3.63, 3.8) is 0 Å². The maximum Gasteiger partial charge on any atom is 0.0695 e. The molecule has 2 saturated heterocycles. The quantitative estimate of drug-likeness (QED) is 0.769. The monoisotopic (exact) mass is 266 g/mol. The number of hydrogen-bond donors (Lipinski definition) is 2. The molecule has 2 aliphatic heterocycles. The normalized spacial score (nSPS) is 43.4. The number of hydrogen-bond acceptors (Lipinski definition) is 3. The van der Waals surface area contributed by atoms with Gasteiger partial charge in [0.15, 0.2) is 0 Å². The average molecular weight is 266 g/mol. The number of nitrogens with zero attached hydrogens (tertiary/aromatic N) is 1. The maximum absolute atomic E-state index is 10.5. The van der Waals surface area contributed by atoms with Crippen molar-refractivity contribution in [1.29, 1.82) is 0 Å². The third-order valence-electron chi connectivity index (χ3n) is 5.65. The van der Waals surface area contributed by atoms with E-state index in [1.807, 2.05) is 0 Å². The van der Waals surface area contributed by atoms with Gasteiger partial charge in [0.1, 0.15) is 0 Å². The molecule has 3 heteroatoms. The molecule has 2 N–H and O–H groups in total. The molecule has 0 aromatic heterocycles. The summed E-state index contributed by atoms with van der Waals surface area (Å²) in [6.45, 7) is 3.38. The van der Waals surface area contributed by atoms with Crippen molar-refractivity contribution in [3.05, 3.63) is 0 Å². The van der Waals surface area contributed by atoms with Gasteiger partial charge in [-0.2, -0.15) is 0 Å². The van der Waals surface area contributed by atoms with E-state index in [1.54, 1.807) is 0 Å². The van der Waals surface area contributed by atoms with Gasteiger partial charge in [0, 0.05) is 24.2 Å². The fraction of sp³-hybridized carbons (Fsp3) is 1.00. The third kappa shape index (κ3) is 2.98. The summed E-state index contributed by atoms with van der Waals surface area (Å²) in [6.07, 6.45) is 11.3. The summed E-state index contributed by atoms with van der Waals surface area (Å²) in [4.78, 5) is 2.65. The number of rotatable bonds is 3. The fourth-order valence-electron chi connectivity index (χ4n) is 4.72. The summed E-state index contributed by atoms with van der Waals surface area (Å²) in [5.74, 6) is 0. The zero-order chi connectivity index (χ0) is 13.2. The molecule has 19 heavy (non-hydrogen) atoms. The van der Waals surface area contributed by atoms with Gasteiger partial charge in [0.2, 0.25) is 0 Å². The van der Waals surface area contributed by atoms with Gasteiger partial charge < -0.3 is 10.4 Å². The Labute approximate surface area is 117 Å². The zero-order valence-corrected chi connectivity index (χ0v) is 12.4. The topological polar surface area (TPSA) is 35.5 Å². The van der Waals surface area contributed by atoms with Crippen LogP contribution in [0.5, 0.6) is 0 Å². The van der Waals surface area contributed by atoms with Crippen LogP contribution in [0.1, 0.15) is 64.7 Å². The largest absolute Gasteiger partial charge is 0.391 e. The van der Waals surface area contributed by atoms with E-state index in [0.29, 0.717) is 12.1 Å². The Morgan fingerprint density at radius 1 is 1.00 bits per heavy atom. The van der Waals surface area contributed by atoms with Gasteiger partial charge in [0.05, 0.1) is 6.10 Å². The van der Waals surface area contributed by atoms with Crippen molar-refractivity contribution in [2.75, 3.05) is 6.54 Å². The van der Waals surface area contributed by atoms with Gasteiger partial charge in [-0.05, 0) is 45.1 Å². The first kappa shape index (κ1) is 13.8. The molecule has 3 fully saturated rings. The first-order valence-corrected chi connectivity index (χ1v) is 8.47. The Bertz CT molecular complexity index is 284.